The number of anilines is 1. The first-order chi connectivity index (χ1) is 12.9. The van der Waals surface area contributed by atoms with Gasteiger partial charge in [-0.3, -0.25) is 9.48 Å². The van der Waals surface area contributed by atoms with Crippen molar-refractivity contribution in [1.29, 1.82) is 0 Å². The first kappa shape index (κ1) is 18.9. The van der Waals surface area contributed by atoms with Crippen molar-refractivity contribution in [1.82, 2.24) is 14.1 Å². The lowest BCUT2D eigenvalue weighted by atomic mass is 9.99. The molecule has 3 heterocycles. The van der Waals surface area contributed by atoms with E-state index in [4.69, 9.17) is 11.6 Å². The number of aromatic nitrogens is 2. The molecule has 7 nitrogen and oxygen atoms in total. The number of sulfonamides is 1. The largest absolute Gasteiger partial charge is 0.310 e. The summed E-state index contributed by atoms with van der Waals surface area (Å²) in [4.78, 5) is 12.8. The van der Waals surface area contributed by atoms with Crippen LogP contribution in [0.25, 0.3) is 0 Å². The molecule has 10 heteroatoms. The third kappa shape index (κ3) is 3.53. The minimum absolute atomic E-state index is 0.142. The van der Waals surface area contributed by atoms with E-state index in [1.807, 2.05) is 7.05 Å². The van der Waals surface area contributed by atoms with Gasteiger partial charge in [-0.15, -0.1) is 11.3 Å². The monoisotopic (exact) mass is 428 g/mol. The van der Waals surface area contributed by atoms with Gasteiger partial charge in [0.2, 0.25) is 5.91 Å². The van der Waals surface area contributed by atoms with Crippen LogP contribution in [0.4, 0.5) is 5.82 Å². The van der Waals surface area contributed by atoms with Crippen molar-refractivity contribution in [3.63, 3.8) is 0 Å². The maximum Gasteiger partial charge on any atom is 0.252 e. The highest BCUT2D eigenvalue weighted by Gasteiger charge is 2.35. The maximum atomic E-state index is 12.8. The van der Waals surface area contributed by atoms with Crippen LogP contribution in [-0.4, -0.2) is 41.5 Å². The molecule has 2 aromatic rings. The normalized spacial score (nSPS) is 20.6. The average Bonchev–Trinajstić information content (AvgIpc) is 3.34. The molecular weight excluding hydrogens is 408 g/mol. The summed E-state index contributed by atoms with van der Waals surface area (Å²) in [6.07, 6.45) is 4.24. The number of aryl methyl sites for hydroxylation is 2. The first-order valence-corrected chi connectivity index (χ1v) is 11.6. The van der Waals surface area contributed by atoms with E-state index < -0.39 is 10.0 Å². The third-order valence-electron chi connectivity index (χ3n) is 5.21. The van der Waals surface area contributed by atoms with E-state index in [-0.39, 0.29) is 22.6 Å². The Bertz CT molecular complexity index is 982. The number of nitrogens with one attached hydrogen (secondary N) is 1. The third-order valence-corrected chi connectivity index (χ3v) is 8.77. The van der Waals surface area contributed by atoms with Crippen LogP contribution < -0.4 is 5.32 Å². The summed E-state index contributed by atoms with van der Waals surface area (Å²) in [5.74, 6) is 0.227. The highest BCUT2D eigenvalue weighted by molar-refractivity contribution is 7.91. The molecule has 146 valence electrons. The second-order valence-corrected chi connectivity index (χ2v) is 10.9. The molecule has 1 aliphatic carbocycles. The van der Waals surface area contributed by atoms with Crippen LogP contribution in [0, 0.1) is 5.92 Å². The van der Waals surface area contributed by atoms with Crippen LogP contribution in [0.2, 0.25) is 4.34 Å². The zero-order valence-electron chi connectivity index (χ0n) is 14.9. The lowest BCUT2D eigenvalue weighted by molar-refractivity contribution is -0.120. The highest BCUT2D eigenvalue weighted by Crippen LogP contribution is 2.32. The molecule has 1 atom stereocenters. The van der Waals surface area contributed by atoms with Gasteiger partial charge in [0.25, 0.3) is 10.0 Å². The molecule has 0 spiro atoms. The molecule has 27 heavy (non-hydrogen) atoms. The van der Waals surface area contributed by atoms with Gasteiger partial charge in [0, 0.05) is 25.7 Å². The number of hydrogen-bond acceptors (Lipinski definition) is 5. The molecule has 1 aliphatic heterocycles. The number of piperidine rings is 1. The Morgan fingerprint density at radius 1 is 1.33 bits per heavy atom. The minimum atomic E-state index is -3.62. The molecule has 1 saturated heterocycles. The topological polar surface area (TPSA) is 84.3 Å². The molecule has 1 fully saturated rings. The Balaban J connectivity index is 1.49. The van der Waals surface area contributed by atoms with E-state index in [2.05, 4.69) is 10.4 Å². The standard InChI is InChI=1S/C17H21ClN4O3S2/c1-21-16(12-5-2-6-13(12)20-21)19-17(23)11-4-3-9-22(10-11)27(24,25)15-8-7-14(18)26-15/h7-8,11H,2-6,9-10H2,1H3,(H,19,23)/t11-/m0/s1. The number of nitrogens with zero attached hydrogens (tertiary/aromatic N) is 3. The van der Waals surface area contributed by atoms with Gasteiger partial charge >= 0.3 is 0 Å². The van der Waals surface area contributed by atoms with Crippen molar-refractivity contribution in [3.05, 3.63) is 27.7 Å². The van der Waals surface area contributed by atoms with Gasteiger partial charge < -0.3 is 5.32 Å². The van der Waals surface area contributed by atoms with E-state index in [1.54, 1.807) is 10.7 Å². The zero-order valence-corrected chi connectivity index (χ0v) is 17.3. The molecule has 0 saturated carbocycles. The van der Waals surface area contributed by atoms with Crippen molar-refractivity contribution in [2.75, 3.05) is 18.4 Å². The summed E-state index contributed by atoms with van der Waals surface area (Å²) < 4.78 is 29.4. The van der Waals surface area contributed by atoms with Crippen molar-refractivity contribution < 1.29 is 13.2 Å². The summed E-state index contributed by atoms with van der Waals surface area (Å²) in [5.41, 5.74) is 2.16. The van der Waals surface area contributed by atoms with Crippen LogP contribution in [-0.2, 0) is 34.7 Å². The van der Waals surface area contributed by atoms with Gasteiger partial charge in [-0.25, -0.2) is 8.42 Å². The van der Waals surface area contributed by atoms with Gasteiger partial charge in [-0.05, 0) is 44.2 Å². The SMILES string of the molecule is Cn1nc2c(c1NC(=O)[C@H]1CCCN(S(=O)(=O)c3ccc(Cl)s3)C1)CCC2. The summed E-state index contributed by atoms with van der Waals surface area (Å²) in [7, 11) is -1.79. The fourth-order valence-electron chi connectivity index (χ4n) is 3.83. The lowest BCUT2D eigenvalue weighted by Crippen LogP contribution is -2.43. The van der Waals surface area contributed by atoms with Crippen molar-refractivity contribution in [2.24, 2.45) is 13.0 Å². The predicted octanol–water partition coefficient (Wildman–Crippen LogP) is 2.66. The number of thiophene rings is 1. The molecule has 2 aromatic heterocycles. The molecular formula is C17H21ClN4O3S2. The predicted molar refractivity (Wildman–Crippen MR) is 105 cm³/mol. The molecule has 1 amide bonds. The van der Waals surface area contributed by atoms with Gasteiger partial charge in [0.05, 0.1) is 15.9 Å². The van der Waals surface area contributed by atoms with Crippen molar-refractivity contribution in [2.45, 2.75) is 36.3 Å². The summed E-state index contributed by atoms with van der Waals surface area (Å²) in [6.45, 7) is 0.604. The molecule has 0 unspecified atom stereocenters. The lowest BCUT2D eigenvalue weighted by Gasteiger charge is -2.30. The highest BCUT2D eigenvalue weighted by atomic mass is 35.5. The van der Waals surface area contributed by atoms with E-state index in [9.17, 15) is 13.2 Å². The number of fused-ring (bicyclic) bond motifs is 1. The Hall–Kier alpha value is -1.42. The fourth-order valence-corrected chi connectivity index (χ4v) is 6.99. The van der Waals surface area contributed by atoms with Gasteiger partial charge in [-0.1, -0.05) is 11.6 Å². The second kappa shape index (κ2) is 7.20. The van der Waals surface area contributed by atoms with E-state index >= 15 is 0 Å². The van der Waals surface area contributed by atoms with E-state index in [0.717, 1.165) is 47.7 Å². The molecule has 0 aromatic carbocycles. The van der Waals surface area contributed by atoms with E-state index in [0.29, 0.717) is 23.7 Å². The number of carbonyl (C=O) groups excluding carboxylic acids is 1. The second-order valence-electron chi connectivity index (χ2n) is 7.00. The summed E-state index contributed by atoms with van der Waals surface area (Å²) in [5, 5.41) is 7.47. The molecule has 0 bridgehead atoms. The minimum Gasteiger partial charge on any atom is -0.310 e. The quantitative estimate of drug-likeness (QED) is 0.811. The van der Waals surface area contributed by atoms with Crippen LogP contribution in [0.3, 0.4) is 0 Å². The maximum absolute atomic E-state index is 12.8. The zero-order chi connectivity index (χ0) is 19.2. The van der Waals surface area contributed by atoms with Gasteiger partial charge in [0.15, 0.2) is 0 Å². The van der Waals surface area contributed by atoms with E-state index in [1.165, 1.54) is 10.4 Å². The smallest absolute Gasteiger partial charge is 0.252 e. The number of carbonyl (C=O) groups is 1. The molecule has 1 N–H and O–H groups in total. The van der Waals surface area contributed by atoms with Crippen LogP contribution in [0.1, 0.15) is 30.5 Å². The Labute approximate surface area is 167 Å². The first-order valence-electron chi connectivity index (χ1n) is 8.97. The van der Waals surface area contributed by atoms with Gasteiger partial charge in [0.1, 0.15) is 10.0 Å². The Kier molecular flexibility index (Phi) is 5.04. The Morgan fingerprint density at radius 2 is 2.15 bits per heavy atom. The van der Waals surface area contributed by atoms with Crippen LogP contribution in [0.15, 0.2) is 16.3 Å². The summed E-state index contributed by atoms with van der Waals surface area (Å²) >= 11 is 6.93. The van der Waals surface area contributed by atoms with Crippen LogP contribution in [0.5, 0.6) is 0 Å². The summed E-state index contributed by atoms with van der Waals surface area (Å²) in [6, 6.07) is 3.10. The number of rotatable bonds is 4. The number of hydrogen-bond donors (Lipinski definition) is 1. The molecule has 0 radical (unpaired) electrons. The van der Waals surface area contributed by atoms with Crippen molar-refractivity contribution in [3.8, 4) is 0 Å². The fraction of sp³-hybridized carbons (Fsp3) is 0.529. The van der Waals surface area contributed by atoms with Crippen LogP contribution >= 0.6 is 22.9 Å². The number of amides is 1. The van der Waals surface area contributed by atoms with Crippen molar-refractivity contribution >= 4 is 44.7 Å². The van der Waals surface area contributed by atoms with Gasteiger partial charge in [-0.2, -0.15) is 9.40 Å². The average molecular weight is 429 g/mol. The molecule has 2 aliphatic rings. The Morgan fingerprint density at radius 3 is 2.89 bits per heavy atom. The molecule has 4 rings (SSSR count). The number of halogens is 1.